The van der Waals surface area contributed by atoms with Crippen LogP contribution in [0.4, 0.5) is 0 Å². The average molecular weight is 301 g/mol. The van der Waals surface area contributed by atoms with Crippen LogP contribution in [-0.2, 0) is 0 Å². The highest BCUT2D eigenvalue weighted by molar-refractivity contribution is 7.18. The fourth-order valence-electron chi connectivity index (χ4n) is 3.75. The number of hydrogen-bond donors (Lipinski definition) is 1. The lowest BCUT2D eigenvalue weighted by Crippen LogP contribution is -2.36. The highest BCUT2D eigenvalue weighted by atomic mass is 32.1. The predicted octanol–water partition coefficient (Wildman–Crippen LogP) is 3.43. The van der Waals surface area contributed by atoms with Crippen LogP contribution in [0.15, 0.2) is 24.3 Å². The largest absolute Gasteiger partial charge is 0.317 e. The third-order valence-corrected chi connectivity index (χ3v) is 6.05. The molecule has 2 saturated heterocycles. The number of aromatic nitrogens is 1. The summed E-state index contributed by atoms with van der Waals surface area (Å²) < 4.78 is 1.33. The molecule has 1 aromatic carbocycles. The van der Waals surface area contributed by atoms with Crippen molar-refractivity contribution in [2.45, 2.75) is 31.7 Å². The van der Waals surface area contributed by atoms with Crippen LogP contribution in [0.1, 0.15) is 36.7 Å². The molecule has 0 spiro atoms. The fourth-order valence-corrected chi connectivity index (χ4v) is 4.89. The summed E-state index contributed by atoms with van der Waals surface area (Å²) in [7, 11) is 0. The van der Waals surface area contributed by atoms with Crippen molar-refractivity contribution in [2.24, 2.45) is 5.92 Å². The summed E-state index contributed by atoms with van der Waals surface area (Å²) in [6.07, 6.45) is 5.28. The number of nitrogens with zero attached hydrogens (tertiary/aromatic N) is 2. The van der Waals surface area contributed by atoms with E-state index >= 15 is 0 Å². The smallest absolute Gasteiger partial charge is 0.111 e. The molecule has 1 aromatic heterocycles. The molecule has 1 N–H and O–H groups in total. The number of piperidine rings is 1. The van der Waals surface area contributed by atoms with Gasteiger partial charge < -0.3 is 5.32 Å². The van der Waals surface area contributed by atoms with E-state index in [1.54, 1.807) is 0 Å². The number of thiazole rings is 1. The lowest BCUT2D eigenvalue weighted by Gasteiger charge is -2.30. The van der Waals surface area contributed by atoms with Gasteiger partial charge in [0.2, 0.25) is 0 Å². The molecule has 21 heavy (non-hydrogen) atoms. The molecule has 2 fully saturated rings. The first-order chi connectivity index (χ1) is 10.4. The monoisotopic (exact) mass is 301 g/mol. The lowest BCUT2D eigenvalue weighted by molar-refractivity contribution is 0.193. The van der Waals surface area contributed by atoms with E-state index in [0.29, 0.717) is 6.04 Å². The van der Waals surface area contributed by atoms with Crippen LogP contribution in [0.25, 0.3) is 10.2 Å². The Morgan fingerprint density at radius 3 is 2.90 bits per heavy atom. The maximum atomic E-state index is 4.90. The van der Waals surface area contributed by atoms with E-state index in [2.05, 4.69) is 34.5 Å². The van der Waals surface area contributed by atoms with Gasteiger partial charge in [0.05, 0.1) is 16.3 Å². The SMILES string of the molecule is c1ccc2sc(C3CCCN3CC3CCNCC3)nc2c1. The molecular weight excluding hydrogens is 278 g/mol. The van der Waals surface area contributed by atoms with Gasteiger partial charge in [-0.1, -0.05) is 12.1 Å². The van der Waals surface area contributed by atoms with Crippen LogP contribution in [0.3, 0.4) is 0 Å². The average Bonchev–Trinajstić information content (AvgIpc) is 3.14. The molecule has 0 aliphatic carbocycles. The van der Waals surface area contributed by atoms with Crippen molar-refractivity contribution in [2.75, 3.05) is 26.2 Å². The minimum atomic E-state index is 0.567. The van der Waals surface area contributed by atoms with Crippen LogP contribution in [0.5, 0.6) is 0 Å². The van der Waals surface area contributed by atoms with Gasteiger partial charge in [0.1, 0.15) is 5.01 Å². The number of likely N-dealkylation sites (tertiary alicyclic amines) is 1. The van der Waals surface area contributed by atoms with Crippen molar-refractivity contribution in [3.63, 3.8) is 0 Å². The van der Waals surface area contributed by atoms with Crippen molar-refractivity contribution < 1.29 is 0 Å². The molecule has 2 aliphatic heterocycles. The number of para-hydroxylation sites is 1. The summed E-state index contributed by atoms with van der Waals surface area (Å²) in [4.78, 5) is 7.60. The third-order valence-electron chi connectivity index (χ3n) is 4.91. The highest BCUT2D eigenvalue weighted by Gasteiger charge is 2.30. The zero-order valence-corrected chi connectivity index (χ0v) is 13.2. The molecule has 3 heterocycles. The van der Waals surface area contributed by atoms with E-state index in [-0.39, 0.29) is 0 Å². The Balaban J connectivity index is 1.52. The second kappa shape index (κ2) is 6.03. The van der Waals surface area contributed by atoms with Crippen LogP contribution in [0, 0.1) is 5.92 Å². The van der Waals surface area contributed by atoms with Crippen molar-refractivity contribution in [1.82, 2.24) is 15.2 Å². The van der Waals surface area contributed by atoms with Gasteiger partial charge >= 0.3 is 0 Å². The fraction of sp³-hybridized carbons (Fsp3) is 0.588. The number of benzene rings is 1. The number of fused-ring (bicyclic) bond motifs is 1. The minimum absolute atomic E-state index is 0.567. The molecule has 0 bridgehead atoms. The van der Waals surface area contributed by atoms with Crippen LogP contribution in [-0.4, -0.2) is 36.1 Å². The summed E-state index contributed by atoms with van der Waals surface area (Å²) in [5.74, 6) is 0.876. The quantitative estimate of drug-likeness (QED) is 0.941. The summed E-state index contributed by atoms with van der Waals surface area (Å²) >= 11 is 1.90. The molecule has 3 nitrogen and oxygen atoms in total. The van der Waals surface area contributed by atoms with E-state index in [4.69, 9.17) is 4.98 Å². The summed E-state index contributed by atoms with van der Waals surface area (Å²) in [6.45, 7) is 4.92. The first-order valence-corrected chi connectivity index (χ1v) is 9.02. The zero-order valence-electron chi connectivity index (χ0n) is 12.4. The minimum Gasteiger partial charge on any atom is -0.317 e. The van der Waals surface area contributed by atoms with Crippen LogP contribution in [0.2, 0.25) is 0 Å². The molecule has 2 aliphatic rings. The molecule has 112 valence electrons. The molecule has 4 heteroatoms. The van der Waals surface area contributed by atoms with Crippen LogP contribution >= 0.6 is 11.3 Å². The van der Waals surface area contributed by atoms with E-state index in [0.717, 1.165) is 5.92 Å². The lowest BCUT2D eigenvalue weighted by atomic mass is 9.97. The van der Waals surface area contributed by atoms with Gasteiger partial charge in [-0.3, -0.25) is 4.90 Å². The first kappa shape index (κ1) is 13.7. The van der Waals surface area contributed by atoms with Crippen molar-refractivity contribution in [3.8, 4) is 0 Å². The van der Waals surface area contributed by atoms with Gasteiger partial charge in [-0.25, -0.2) is 4.98 Å². The zero-order chi connectivity index (χ0) is 14.1. The van der Waals surface area contributed by atoms with E-state index in [9.17, 15) is 0 Å². The Hall–Kier alpha value is -0.970. The van der Waals surface area contributed by atoms with Crippen LogP contribution < -0.4 is 5.32 Å². The molecule has 2 aromatic rings. The molecule has 0 saturated carbocycles. The van der Waals surface area contributed by atoms with Crippen molar-refractivity contribution in [3.05, 3.63) is 29.3 Å². The summed E-state index contributed by atoms with van der Waals surface area (Å²) in [5.41, 5.74) is 1.17. The van der Waals surface area contributed by atoms with E-state index in [1.165, 1.54) is 67.1 Å². The van der Waals surface area contributed by atoms with Gasteiger partial charge in [0.15, 0.2) is 0 Å². The molecular formula is C17H23N3S. The molecule has 0 amide bonds. The van der Waals surface area contributed by atoms with Crippen molar-refractivity contribution >= 4 is 21.6 Å². The Labute approximate surface area is 130 Å². The molecule has 0 radical (unpaired) electrons. The second-order valence-corrected chi connectivity index (χ2v) is 7.43. The topological polar surface area (TPSA) is 28.2 Å². The maximum absolute atomic E-state index is 4.90. The predicted molar refractivity (Wildman–Crippen MR) is 88.8 cm³/mol. The van der Waals surface area contributed by atoms with E-state index in [1.807, 2.05) is 11.3 Å². The van der Waals surface area contributed by atoms with Gasteiger partial charge in [-0.15, -0.1) is 11.3 Å². The molecule has 4 rings (SSSR count). The van der Waals surface area contributed by atoms with Gasteiger partial charge in [-0.2, -0.15) is 0 Å². The molecule has 1 atom stereocenters. The van der Waals surface area contributed by atoms with Crippen molar-refractivity contribution in [1.29, 1.82) is 0 Å². The Kier molecular flexibility index (Phi) is 3.93. The van der Waals surface area contributed by atoms with Gasteiger partial charge in [0.25, 0.3) is 0 Å². The van der Waals surface area contributed by atoms with Gasteiger partial charge in [0, 0.05) is 6.54 Å². The Bertz CT molecular complexity index is 570. The normalized spacial score (nSPS) is 24.9. The third kappa shape index (κ3) is 2.85. The summed E-state index contributed by atoms with van der Waals surface area (Å²) in [6, 6.07) is 9.11. The number of hydrogen-bond acceptors (Lipinski definition) is 4. The number of nitrogens with one attached hydrogen (secondary N) is 1. The standard InChI is InChI=1S/C17H23N3S/c1-2-6-16-14(4-1)19-17(21-16)15-5-3-11-20(15)12-13-7-9-18-10-8-13/h1-2,4,6,13,15,18H,3,5,7-12H2. The van der Waals surface area contributed by atoms with Gasteiger partial charge in [-0.05, 0) is 63.4 Å². The number of rotatable bonds is 3. The Morgan fingerprint density at radius 2 is 2.05 bits per heavy atom. The summed E-state index contributed by atoms with van der Waals surface area (Å²) in [5, 5.41) is 4.81. The Morgan fingerprint density at radius 1 is 1.19 bits per heavy atom. The van der Waals surface area contributed by atoms with E-state index < -0.39 is 0 Å². The molecule has 1 unspecified atom stereocenters. The highest BCUT2D eigenvalue weighted by Crippen LogP contribution is 2.37. The maximum Gasteiger partial charge on any atom is 0.111 e. The first-order valence-electron chi connectivity index (χ1n) is 8.20. The second-order valence-electron chi connectivity index (χ2n) is 6.37.